The van der Waals surface area contributed by atoms with Gasteiger partial charge in [-0.05, 0) is 30.1 Å². The first kappa shape index (κ1) is 13.0. The van der Waals surface area contributed by atoms with Crippen molar-refractivity contribution in [3.05, 3.63) is 64.8 Å². The molecule has 2 heterocycles. The summed E-state index contributed by atoms with van der Waals surface area (Å²) in [6, 6.07) is 16.5. The predicted octanol–water partition coefficient (Wildman–Crippen LogP) is 1.93. The molecule has 0 saturated heterocycles. The monoisotopic (exact) mass is 289 g/mol. The number of para-hydroxylation sites is 3. The van der Waals surface area contributed by atoms with Crippen molar-refractivity contribution in [1.82, 2.24) is 9.14 Å². The lowest BCUT2D eigenvalue weighted by Crippen LogP contribution is -2.32. The van der Waals surface area contributed by atoms with Crippen LogP contribution in [0.4, 0.5) is 5.82 Å². The van der Waals surface area contributed by atoms with E-state index in [1.54, 1.807) is 0 Å². The SMILES string of the molecule is Cc1c(N=C2N=c3ccccc3=[N+]2C)n(C)c2ccccc12. The minimum Gasteiger partial charge on any atom is -0.315 e. The van der Waals surface area contributed by atoms with Crippen LogP contribution in [-0.2, 0) is 7.05 Å². The molecular formula is C18H17N4+. The molecule has 4 heteroatoms. The Bertz CT molecular complexity index is 1020. The minimum absolute atomic E-state index is 0.732. The van der Waals surface area contributed by atoms with E-state index in [1.165, 1.54) is 16.5 Å². The fourth-order valence-corrected chi connectivity index (χ4v) is 3.06. The number of aryl methyl sites for hydroxylation is 2. The van der Waals surface area contributed by atoms with E-state index in [0.717, 1.165) is 22.5 Å². The highest BCUT2D eigenvalue weighted by molar-refractivity contribution is 5.92. The molecule has 1 aliphatic rings. The van der Waals surface area contributed by atoms with Crippen LogP contribution in [0.5, 0.6) is 0 Å². The van der Waals surface area contributed by atoms with Crippen molar-refractivity contribution in [3.63, 3.8) is 0 Å². The molecular weight excluding hydrogens is 272 g/mol. The Morgan fingerprint density at radius 3 is 2.55 bits per heavy atom. The van der Waals surface area contributed by atoms with Gasteiger partial charge in [0.1, 0.15) is 5.36 Å². The van der Waals surface area contributed by atoms with Crippen molar-refractivity contribution in [2.45, 2.75) is 6.92 Å². The quantitative estimate of drug-likeness (QED) is 0.613. The lowest BCUT2D eigenvalue weighted by atomic mass is 10.2. The maximum Gasteiger partial charge on any atom is 0.435 e. The topological polar surface area (TPSA) is 32.7 Å². The van der Waals surface area contributed by atoms with Gasteiger partial charge in [-0.25, -0.2) is 4.58 Å². The molecule has 4 nitrogen and oxygen atoms in total. The van der Waals surface area contributed by atoms with E-state index in [1.807, 2.05) is 29.8 Å². The van der Waals surface area contributed by atoms with Crippen LogP contribution in [0.15, 0.2) is 58.5 Å². The molecule has 1 aromatic heterocycles. The molecule has 2 aromatic carbocycles. The molecule has 22 heavy (non-hydrogen) atoms. The summed E-state index contributed by atoms with van der Waals surface area (Å²) in [5, 5.41) is 3.31. The van der Waals surface area contributed by atoms with Gasteiger partial charge in [0.25, 0.3) is 0 Å². The standard InChI is InChI=1S/C18H17N4/c1-12-13-8-4-6-10-15(13)21(2)17(12)20-18-19-14-9-5-7-11-16(14)22(18)3/h4-11H,1-3H3/q+1. The average molecular weight is 289 g/mol. The number of hydrogen-bond acceptors (Lipinski definition) is 1. The average Bonchev–Trinajstić information content (AvgIpc) is 2.99. The van der Waals surface area contributed by atoms with Crippen LogP contribution in [0.2, 0.25) is 0 Å². The summed E-state index contributed by atoms with van der Waals surface area (Å²) in [5.41, 5.74) is 2.38. The maximum atomic E-state index is 4.83. The van der Waals surface area contributed by atoms with Crippen molar-refractivity contribution in [1.29, 1.82) is 0 Å². The molecule has 0 amide bonds. The Labute approximate surface area is 128 Å². The van der Waals surface area contributed by atoms with Gasteiger partial charge in [0.15, 0.2) is 5.36 Å². The van der Waals surface area contributed by atoms with Gasteiger partial charge >= 0.3 is 5.96 Å². The van der Waals surface area contributed by atoms with Crippen LogP contribution in [-0.4, -0.2) is 17.6 Å². The summed E-state index contributed by atoms with van der Waals surface area (Å²) < 4.78 is 4.16. The fraction of sp³-hybridized carbons (Fsp3) is 0.167. The van der Waals surface area contributed by atoms with Crippen molar-refractivity contribution in [2.75, 3.05) is 7.05 Å². The third-order valence-corrected chi connectivity index (χ3v) is 4.29. The van der Waals surface area contributed by atoms with Crippen molar-refractivity contribution < 1.29 is 0 Å². The Kier molecular flexibility index (Phi) is 2.73. The Balaban J connectivity index is 1.98. The molecule has 0 N–H and O–H groups in total. The fourth-order valence-electron chi connectivity index (χ4n) is 3.06. The number of benzene rings is 2. The van der Waals surface area contributed by atoms with Crippen LogP contribution in [0.25, 0.3) is 10.9 Å². The highest BCUT2D eigenvalue weighted by Crippen LogP contribution is 2.30. The third-order valence-electron chi connectivity index (χ3n) is 4.29. The lowest BCUT2D eigenvalue weighted by Gasteiger charge is -1.96. The normalized spacial score (nSPS) is 15.4. The highest BCUT2D eigenvalue weighted by atomic mass is 15.2. The Hall–Kier alpha value is -2.75. The zero-order valence-electron chi connectivity index (χ0n) is 12.9. The minimum atomic E-state index is 0.732. The van der Waals surface area contributed by atoms with Gasteiger partial charge in [0.2, 0.25) is 5.82 Å². The summed E-state index contributed by atoms with van der Waals surface area (Å²) in [5.74, 6) is 1.69. The molecule has 0 fully saturated rings. The van der Waals surface area contributed by atoms with Gasteiger partial charge in [-0.2, -0.15) is 0 Å². The largest absolute Gasteiger partial charge is 0.435 e. The summed E-state index contributed by atoms with van der Waals surface area (Å²) in [4.78, 5) is 9.47. The van der Waals surface area contributed by atoms with Crippen LogP contribution in [0.3, 0.4) is 0 Å². The van der Waals surface area contributed by atoms with E-state index < -0.39 is 0 Å². The van der Waals surface area contributed by atoms with Crippen LogP contribution in [0, 0.1) is 6.92 Å². The molecule has 0 unspecified atom stereocenters. The number of hydrogen-bond donors (Lipinski definition) is 0. The molecule has 0 saturated carbocycles. The van der Waals surface area contributed by atoms with E-state index in [4.69, 9.17) is 4.99 Å². The molecule has 0 bridgehead atoms. The molecule has 0 radical (unpaired) electrons. The van der Waals surface area contributed by atoms with Crippen LogP contribution in [0.1, 0.15) is 5.56 Å². The Morgan fingerprint density at radius 1 is 1.05 bits per heavy atom. The number of aliphatic imine (C=N–C) groups is 1. The van der Waals surface area contributed by atoms with Gasteiger partial charge in [0.05, 0.1) is 12.6 Å². The number of fused-ring (bicyclic) bond motifs is 2. The first-order valence-corrected chi connectivity index (χ1v) is 7.34. The third kappa shape index (κ3) is 1.73. The van der Waals surface area contributed by atoms with Crippen LogP contribution < -0.4 is 15.3 Å². The zero-order valence-corrected chi connectivity index (χ0v) is 12.9. The molecule has 3 aromatic rings. The second kappa shape index (κ2) is 4.63. The zero-order chi connectivity index (χ0) is 15.3. The second-order valence-electron chi connectivity index (χ2n) is 5.60. The van der Waals surface area contributed by atoms with Gasteiger partial charge in [-0.1, -0.05) is 35.3 Å². The van der Waals surface area contributed by atoms with Crippen LogP contribution >= 0.6 is 0 Å². The number of guanidine groups is 1. The second-order valence-corrected chi connectivity index (χ2v) is 5.60. The summed E-state index contributed by atoms with van der Waals surface area (Å²) in [6.45, 7) is 2.11. The molecule has 108 valence electrons. The van der Waals surface area contributed by atoms with Gasteiger partial charge < -0.3 is 4.57 Å². The van der Waals surface area contributed by atoms with Crippen molar-refractivity contribution >= 4 is 22.7 Å². The number of aromatic nitrogens is 1. The molecule has 0 aliphatic carbocycles. The first-order chi connectivity index (χ1) is 10.7. The van der Waals surface area contributed by atoms with Crippen molar-refractivity contribution in [3.8, 4) is 0 Å². The van der Waals surface area contributed by atoms with E-state index in [9.17, 15) is 0 Å². The predicted molar refractivity (Wildman–Crippen MR) is 89.1 cm³/mol. The molecule has 1 aliphatic heterocycles. The maximum absolute atomic E-state index is 4.83. The molecule has 0 atom stereocenters. The van der Waals surface area contributed by atoms with Crippen molar-refractivity contribution in [2.24, 2.45) is 17.0 Å². The Morgan fingerprint density at radius 2 is 1.77 bits per heavy atom. The smallest absolute Gasteiger partial charge is 0.315 e. The lowest BCUT2D eigenvalue weighted by molar-refractivity contribution is 0.923. The van der Waals surface area contributed by atoms with Gasteiger partial charge in [0, 0.05) is 18.0 Å². The van der Waals surface area contributed by atoms with E-state index in [2.05, 4.69) is 53.9 Å². The summed E-state index contributed by atoms with van der Waals surface area (Å²) in [7, 11) is 4.06. The van der Waals surface area contributed by atoms with E-state index in [0.29, 0.717) is 0 Å². The van der Waals surface area contributed by atoms with Gasteiger partial charge in [-0.15, -0.1) is 0 Å². The first-order valence-electron chi connectivity index (χ1n) is 7.34. The molecule has 4 rings (SSSR count). The number of rotatable bonds is 1. The summed E-state index contributed by atoms with van der Waals surface area (Å²) in [6.07, 6.45) is 0. The molecule has 0 spiro atoms. The van der Waals surface area contributed by atoms with Gasteiger partial charge in [-0.3, -0.25) is 0 Å². The van der Waals surface area contributed by atoms with E-state index in [-0.39, 0.29) is 0 Å². The number of nitrogens with zero attached hydrogens (tertiary/aromatic N) is 4. The van der Waals surface area contributed by atoms with E-state index >= 15 is 0 Å². The highest BCUT2D eigenvalue weighted by Gasteiger charge is 2.22. The summed E-state index contributed by atoms with van der Waals surface area (Å²) >= 11 is 0.